The highest BCUT2D eigenvalue weighted by atomic mass is 16.6. The van der Waals surface area contributed by atoms with Crippen molar-refractivity contribution in [2.75, 3.05) is 19.8 Å². The van der Waals surface area contributed by atoms with Crippen LogP contribution in [0.2, 0.25) is 0 Å². The number of cyclic esters (lactones) is 1. The third-order valence-corrected chi connectivity index (χ3v) is 9.79. The van der Waals surface area contributed by atoms with E-state index in [0.717, 1.165) is 5.57 Å². The molecule has 39 heavy (non-hydrogen) atoms. The molecule has 3 fully saturated rings. The molecule has 2 aliphatic carbocycles. The molecule has 2 saturated heterocycles. The van der Waals surface area contributed by atoms with Crippen LogP contribution >= 0.6 is 0 Å². The maximum Gasteiger partial charge on any atom is 0.331 e. The number of hydrogen-bond acceptors (Lipinski definition) is 10. The molecule has 10 nitrogen and oxygen atoms in total. The first kappa shape index (κ1) is 28.4. The second-order valence-corrected chi connectivity index (χ2v) is 12.1. The number of allylic oxidation sites excluding steroid dienone is 2. The van der Waals surface area contributed by atoms with Gasteiger partial charge in [0.2, 0.25) is 0 Å². The van der Waals surface area contributed by atoms with Crippen LogP contribution in [0.4, 0.5) is 0 Å². The molecule has 5 rings (SSSR count). The van der Waals surface area contributed by atoms with E-state index in [0.29, 0.717) is 13.0 Å². The fraction of sp³-hybridized carbons (Fsp3) is 0.724. The molecule has 2 spiro atoms. The average molecular weight is 549 g/mol. The lowest BCUT2D eigenvalue weighted by Gasteiger charge is -2.58. The standard InChI is InChI=1S/C29H40O10/c1-16-9-23-28(12-19(16)31)14-36-26(34)10-17(2)20(32)13-35-21(18(3)30)7-5-6-8-25(33)39-22-11-24(38-23)29(15-37-29)27(22,28)4/h5-9,17-24,30-32H,10-15H2,1-4H3/b7-5-,8-6-/t17?,18?,19-,20?,21?,22+,23+,24+,27+,28+,29+/m0/s1. The van der Waals surface area contributed by atoms with Crippen LogP contribution in [0.1, 0.15) is 47.0 Å². The van der Waals surface area contributed by atoms with Gasteiger partial charge in [-0.2, -0.15) is 0 Å². The molecule has 10 heteroatoms. The molecular weight excluding hydrogens is 508 g/mol. The van der Waals surface area contributed by atoms with Gasteiger partial charge < -0.3 is 39.0 Å². The molecule has 0 aromatic heterocycles. The van der Waals surface area contributed by atoms with Crippen LogP contribution in [0.3, 0.4) is 0 Å². The van der Waals surface area contributed by atoms with Gasteiger partial charge in [-0.05, 0) is 31.8 Å². The molecule has 216 valence electrons. The zero-order chi connectivity index (χ0) is 28.2. The van der Waals surface area contributed by atoms with Crippen LogP contribution in [0.5, 0.6) is 0 Å². The van der Waals surface area contributed by atoms with E-state index in [1.807, 2.05) is 19.9 Å². The van der Waals surface area contributed by atoms with Crippen LogP contribution in [-0.2, 0) is 33.3 Å². The summed E-state index contributed by atoms with van der Waals surface area (Å²) in [4.78, 5) is 26.0. The Labute approximate surface area is 228 Å². The number of aliphatic hydroxyl groups excluding tert-OH is 3. The van der Waals surface area contributed by atoms with E-state index in [1.54, 1.807) is 26.0 Å². The Hall–Kier alpha value is -2.08. The first-order chi connectivity index (χ1) is 18.4. The average Bonchev–Trinajstić information content (AvgIpc) is 3.65. The summed E-state index contributed by atoms with van der Waals surface area (Å²) in [6.45, 7) is 7.40. The Bertz CT molecular complexity index is 1060. The molecule has 3 aliphatic heterocycles. The summed E-state index contributed by atoms with van der Waals surface area (Å²) in [6, 6.07) is 0. The molecule has 5 aliphatic rings. The van der Waals surface area contributed by atoms with Crippen LogP contribution in [0, 0.1) is 16.7 Å². The highest BCUT2D eigenvalue weighted by Gasteiger charge is 2.83. The number of hydrogen-bond donors (Lipinski definition) is 3. The first-order valence-corrected chi connectivity index (χ1v) is 13.8. The van der Waals surface area contributed by atoms with Gasteiger partial charge in [-0.1, -0.05) is 38.2 Å². The predicted octanol–water partition coefficient (Wildman–Crippen LogP) is 1.36. The van der Waals surface area contributed by atoms with Gasteiger partial charge in [0.25, 0.3) is 0 Å². The first-order valence-electron chi connectivity index (χ1n) is 13.8. The lowest BCUT2D eigenvalue weighted by molar-refractivity contribution is -0.239. The molecule has 11 atom stereocenters. The molecule has 3 N–H and O–H groups in total. The largest absolute Gasteiger partial charge is 0.465 e. The molecule has 3 heterocycles. The highest BCUT2D eigenvalue weighted by molar-refractivity contribution is 5.82. The maximum atomic E-state index is 13.1. The quantitative estimate of drug-likeness (QED) is 0.250. The van der Waals surface area contributed by atoms with Crippen molar-refractivity contribution in [2.45, 2.75) is 95.3 Å². The molecule has 0 radical (unpaired) electrons. The molecule has 0 amide bonds. The van der Waals surface area contributed by atoms with Crippen molar-refractivity contribution in [1.29, 1.82) is 0 Å². The van der Waals surface area contributed by atoms with Gasteiger partial charge >= 0.3 is 11.9 Å². The van der Waals surface area contributed by atoms with E-state index >= 15 is 0 Å². The SMILES string of the molecule is CC1=C[C@H]2O[C@@H]3C[C@H]4OC(=O)/C=C\C=C/C(C(C)O)OCC(O)C(C)CC(=O)OC[C@@]2(C[C@@H]1O)[C@]4(C)[C@@]31CO1. The van der Waals surface area contributed by atoms with Gasteiger partial charge in [0.05, 0.1) is 55.6 Å². The van der Waals surface area contributed by atoms with Gasteiger partial charge in [-0.25, -0.2) is 4.79 Å². The van der Waals surface area contributed by atoms with Crippen LogP contribution in [0.25, 0.3) is 0 Å². The predicted molar refractivity (Wildman–Crippen MR) is 137 cm³/mol. The van der Waals surface area contributed by atoms with Gasteiger partial charge in [-0.15, -0.1) is 0 Å². The van der Waals surface area contributed by atoms with Crippen molar-refractivity contribution in [3.8, 4) is 0 Å². The van der Waals surface area contributed by atoms with E-state index in [-0.39, 0.29) is 32.2 Å². The maximum absolute atomic E-state index is 13.1. The van der Waals surface area contributed by atoms with Crippen LogP contribution < -0.4 is 0 Å². The van der Waals surface area contributed by atoms with Gasteiger partial charge in [0.15, 0.2) is 0 Å². The van der Waals surface area contributed by atoms with Crippen molar-refractivity contribution >= 4 is 11.9 Å². The monoisotopic (exact) mass is 548 g/mol. The lowest BCUT2D eigenvalue weighted by atomic mass is 9.51. The summed E-state index contributed by atoms with van der Waals surface area (Å²) in [5.41, 5.74) is -1.66. The Balaban J connectivity index is 1.52. The molecule has 0 aromatic carbocycles. The fourth-order valence-corrected chi connectivity index (χ4v) is 7.02. The summed E-state index contributed by atoms with van der Waals surface area (Å²) in [5, 5.41) is 31.7. The van der Waals surface area contributed by atoms with E-state index in [4.69, 9.17) is 23.7 Å². The second kappa shape index (κ2) is 10.4. The van der Waals surface area contributed by atoms with Gasteiger partial charge in [0.1, 0.15) is 24.4 Å². The fourth-order valence-electron chi connectivity index (χ4n) is 7.02. The summed E-state index contributed by atoms with van der Waals surface area (Å²) in [7, 11) is 0. The summed E-state index contributed by atoms with van der Waals surface area (Å²) < 4.78 is 30.2. The number of rotatable bonds is 1. The number of epoxide rings is 1. The smallest absolute Gasteiger partial charge is 0.331 e. The van der Waals surface area contributed by atoms with Crippen molar-refractivity contribution in [3.63, 3.8) is 0 Å². The third kappa shape index (κ3) is 4.69. The van der Waals surface area contributed by atoms with Crippen LogP contribution in [-0.4, -0.2) is 95.4 Å². The van der Waals surface area contributed by atoms with E-state index in [9.17, 15) is 24.9 Å². The minimum absolute atomic E-state index is 0.0547. The Morgan fingerprint density at radius 1 is 1.13 bits per heavy atom. The van der Waals surface area contributed by atoms with E-state index in [2.05, 4.69) is 0 Å². The summed E-state index contributed by atoms with van der Waals surface area (Å²) in [6.07, 6.45) is 3.77. The van der Waals surface area contributed by atoms with Crippen molar-refractivity contribution in [3.05, 3.63) is 36.0 Å². The van der Waals surface area contributed by atoms with Gasteiger partial charge in [0, 0.05) is 17.9 Å². The zero-order valence-corrected chi connectivity index (χ0v) is 22.9. The third-order valence-electron chi connectivity index (χ3n) is 9.79. The Kier molecular flexibility index (Phi) is 7.58. The normalized spacial score (nSPS) is 49.0. The van der Waals surface area contributed by atoms with E-state index < -0.39 is 70.9 Å². The highest BCUT2D eigenvalue weighted by Crippen LogP contribution is 2.72. The zero-order valence-electron chi connectivity index (χ0n) is 22.9. The summed E-state index contributed by atoms with van der Waals surface area (Å²) in [5.74, 6) is -1.53. The Morgan fingerprint density at radius 3 is 2.56 bits per heavy atom. The van der Waals surface area contributed by atoms with Crippen LogP contribution in [0.15, 0.2) is 36.0 Å². The molecule has 2 bridgehead atoms. The molecular formula is C29H40O10. The van der Waals surface area contributed by atoms with Crippen molar-refractivity contribution < 1.29 is 48.6 Å². The minimum Gasteiger partial charge on any atom is -0.465 e. The second-order valence-electron chi connectivity index (χ2n) is 12.1. The number of carbonyl (C=O) groups excluding carboxylic acids is 2. The minimum atomic E-state index is -0.969. The number of aliphatic hydroxyl groups is 3. The number of ether oxygens (including phenoxy) is 5. The molecule has 1 saturated carbocycles. The Morgan fingerprint density at radius 2 is 1.87 bits per heavy atom. The summed E-state index contributed by atoms with van der Waals surface area (Å²) >= 11 is 0. The molecule has 0 aromatic rings. The lowest BCUT2D eigenvalue weighted by Crippen LogP contribution is -2.68. The number of esters is 2. The topological polar surface area (TPSA) is 144 Å². The molecule has 4 unspecified atom stereocenters. The van der Waals surface area contributed by atoms with Crippen molar-refractivity contribution in [2.24, 2.45) is 16.7 Å². The van der Waals surface area contributed by atoms with Crippen molar-refractivity contribution in [1.82, 2.24) is 0 Å². The number of carbonyl (C=O) groups is 2. The van der Waals surface area contributed by atoms with E-state index in [1.165, 1.54) is 12.2 Å². The van der Waals surface area contributed by atoms with Gasteiger partial charge in [-0.3, -0.25) is 4.79 Å².